The summed E-state index contributed by atoms with van der Waals surface area (Å²) in [5.74, 6) is 0.587. The van der Waals surface area contributed by atoms with Crippen LogP contribution in [0, 0.1) is 5.82 Å². The van der Waals surface area contributed by atoms with Crippen LogP contribution in [-0.2, 0) is 22.1 Å². The van der Waals surface area contributed by atoms with E-state index in [9.17, 15) is 23.6 Å². The molecule has 0 radical (unpaired) electrons. The van der Waals surface area contributed by atoms with E-state index in [1.54, 1.807) is 50.2 Å². The van der Waals surface area contributed by atoms with Crippen molar-refractivity contribution in [3.05, 3.63) is 71.2 Å². The van der Waals surface area contributed by atoms with Crippen LogP contribution in [0.15, 0.2) is 48.5 Å². The average Bonchev–Trinajstić information content (AvgIpc) is 3.30. The highest BCUT2D eigenvalue weighted by atomic mass is 32.2. The summed E-state index contributed by atoms with van der Waals surface area (Å²) in [7, 11) is 0.0297. The highest BCUT2D eigenvalue weighted by Gasteiger charge is 2.43. The smallest absolute Gasteiger partial charge is 0.163 e. The topological polar surface area (TPSA) is 127 Å². The highest BCUT2D eigenvalue weighted by Crippen LogP contribution is 2.45. The van der Waals surface area contributed by atoms with E-state index in [2.05, 4.69) is 4.72 Å². The molecule has 4 rings (SSSR count). The number of pyridine rings is 1. The second kappa shape index (κ2) is 12.9. The molecule has 0 saturated carbocycles. The summed E-state index contributed by atoms with van der Waals surface area (Å²) in [6.45, 7) is 10.9. The van der Waals surface area contributed by atoms with Gasteiger partial charge in [-0.05, 0) is 96.5 Å². The number of hydrogen-bond acceptors (Lipinski definition) is 8. The molecule has 4 atom stereocenters. The van der Waals surface area contributed by atoms with Crippen LogP contribution in [-0.4, -0.2) is 56.4 Å². The zero-order valence-corrected chi connectivity index (χ0v) is 27.0. The Morgan fingerprint density at radius 3 is 2.45 bits per heavy atom. The van der Waals surface area contributed by atoms with Crippen molar-refractivity contribution in [2.75, 3.05) is 20.3 Å². The van der Waals surface area contributed by atoms with E-state index in [0.29, 0.717) is 45.3 Å². The quantitative estimate of drug-likeness (QED) is 0.234. The van der Waals surface area contributed by atoms with Gasteiger partial charge < -0.3 is 24.4 Å². The molecule has 2 aromatic carbocycles. The Labute approximate surface area is 260 Å². The lowest BCUT2D eigenvalue weighted by Gasteiger charge is -2.30. The van der Waals surface area contributed by atoms with E-state index in [0.717, 1.165) is 0 Å². The first-order valence-corrected chi connectivity index (χ1v) is 15.6. The lowest BCUT2D eigenvalue weighted by molar-refractivity contribution is 0.0396. The molecule has 11 heteroatoms. The first kappa shape index (κ1) is 33.5. The van der Waals surface area contributed by atoms with Crippen molar-refractivity contribution >= 4 is 16.8 Å². The van der Waals surface area contributed by atoms with Gasteiger partial charge in [-0.2, -0.15) is 0 Å². The molecule has 0 bridgehead atoms. The van der Waals surface area contributed by atoms with E-state index >= 15 is 0 Å². The number of ketones is 1. The zero-order chi connectivity index (χ0) is 32.4. The van der Waals surface area contributed by atoms with Crippen LogP contribution in [0.3, 0.4) is 0 Å². The number of benzene rings is 2. The molecular formula is C33H41FN2O7S. The number of rotatable bonds is 12. The molecule has 3 unspecified atom stereocenters. The van der Waals surface area contributed by atoms with Gasteiger partial charge in [-0.1, -0.05) is 0 Å². The van der Waals surface area contributed by atoms with Crippen molar-refractivity contribution < 1.29 is 37.8 Å². The molecule has 0 saturated heterocycles. The van der Waals surface area contributed by atoms with Crippen LogP contribution in [0.25, 0.3) is 11.3 Å². The Morgan fingerprint density at radius 1 is 1.16 bits per heavy atom. The first-order chi connectivity index (χ1) is 20.5. The third kappa shape index (κ3) is 7.46. The summed E-state index contributed by atoms with van der Waals surface area (Å²) in [6.07, 6.45) is -0.628. The van der Waals surface area contributed by atoms with Gasteiger partial charge in [0.25, 0.3) is 0 Å². The first-order valence-electron chi connectivity index (χ1n) is 14.4. The number of aliphatic hydroxyl groups excluding tert-OH is 1. The van der Waals surface area contributed by atoms with E-state index in [1.807, 2.05) is 27.7 Å². The third-order valence-electron chi connectivity index (χ3n) is 7.42. The molecule has 9 nitrogen and oxygen atoms in total. The molecule has 0 aliphatic carbocycles. The minimum Gasteiger partial charge on any atom is -0.493 e. The molecule has 1 aliphatic rings. The summed E-state index contributed by atoms with van der Waals surface area (Å²) in [4.78, 5) is 18.0. The maximum atomic E-state index is 13.8. The third-order valence-corrected chi connectivity index (χ3v) is 9.17. The van der Waals surface area contributed by atoms with Gasteiger partial charge in [-0.3, -0.25) is 4.79 Å². The Bertz CT molecular complexity index is 1540. The van der Waals surface area contributed by atoms with Gasteiger partial charge in [0.1, 0.15) is 30.3 Å². The number of fused-ring (bicyclic) bond motifs is 1. The normalized spacial score (nSPS) is 19.0. The summed E-state index contributed by atoms with van der Waals surface area (Å²) < 4.78 is 46.6. The molecule has 0 amide bonds. The van der Waals surface area contributed by atoms with Crippen LogP contribution in [0.4, 0.5) is 4.39 Å². The molecule has 3 aromatic rings. The molecule has 3 N–H and O–H groups in total. The molecule has 1 aliphatic heterocycles. The van der Waals surface area contributed by atoms with Crippen LogP contribution in [0.1, 0.15) is 76.0 Å². The number of aliphatic hydroxyl groups is 2. The lowest BCUT2D eigenvalue weighted by Crippen LogP contribution is -2.47. The number of nitrogens with zero attached hydrogens (tertiary/aromatic N) is 1. The lowest BCUT2D eigenvalue weighted by atomic mass is 9.88. The zero-order valence-electron chi connectivity index (χ0n) is 26.2. The summed E-state index contributed by atoms with van der Waals surface area (Å²) in [6, 6.07) is 12.3. The van der Waals surface area contributed by atoms with Crippen molar-refractivity contribution in [1.29, 1.82) is 0 Å². The number of nitrogens with one attached hydrogen (secondary N) is 1. The van der Waals surface area contributed by atoms with Crippen molar-refractivity contribution in [2.45, 2.75) is 76.4 Å². The van der Waals surface area contributed by atoms with Crippen LogP contribution < -0.4 is 18.9 Å². The fourth-order valence-corrected chi connectivity index (χ4v) is 5.59. The standard InChI is InChI=1S/C33H41FN2O7S/c1-20(37)18-42-26-13-10-22(16-27(26)41-7)25(38)14-15-33(6,39)28-17-24-30(29(35-28)21-8-11-23(34)12-9-21)43-19-32(24,5)36-44(40)31(2,3)4/h8-13,16-17,20,36-37,39H,14-15,18-19H2,1-7H3/t20-,32?,33?,44?/m1/s1. The predicted octanol–water partition coefficient (Wildman–Crippen LogP) is 5.19. The van der Waals surface area contributed by atoms with Gasteiger partial charge >= 0.3 is 0 Å². The second-order valence-electron chi connectivity index (χ2n) is 12.6. The van der Waals surface area contributed by atoms with Gasteiger partial charge in [0.2, 0.25) is 0 Å². The monoisotopic (exact) mass is 628 g/mol. The van der Waals surface area contributed by atoms with E-state index in [4.69, 9.17) is 19.2 Å². The SMILES string of the molecule is COc1cc(C(=O)CCC(C)(O)c2cc3c(c(-c4ccc(F)cc4)n2)OCC3(C)NS(=O)C(C)(C)C)ccc1OC[C@@H](C)O. The van der Waals surface area contributed by atoms with Crippen molar-refractivity contribution in [3.8, 4) is 28.5 Å². The average molecular weight is 629 g/mol. The Hall–Kier alpha value is -3.38. The highest BCUT2D eigenvalue weighted by molar-refractivity contribution is 7.84. The van der Waals surface area contributed by atoms with Gasteiger partial charge in [-0.15, -0.1) is 0 Å². The minimum absolute atomic E-state index is 0.00522. The fourth-order valence-electron chi connectivity index (χ4n) is 4.70. The number of hydrogen-bond donors (Lipinski definition) is 3. The fraction of sp³-hybridized carbons (Fsp3) is 0.455. The number of ether oxygens (including phenoxy) is 3. The molecule has 0 fully saturated rings. The molecule has 44 heavy (non-hydrogen) atoms. The van der Waals surface area contributed by atoms with Crippen molar-refractivity contribution in [3.63, 3.8) is 0 Å². The van der Waals surface area contributed by atoms with Crippen LogP contribution >= 0.6 is 0 Å². The van der Waals surface area contributed by atoms with Gasteiger partial charge in [0, 0.05) is 23.1 Å². The predicted molar refractivity (Wildman–Crippen MR) is 167 cm³/mol. The molecule has 238 valence electrons. The largest absolute Gasteiger partial charge is 0.493 e. The number of methoxy groups -OCH3 is 1. The minimum atomic E-state index is -1.55. The molecule has 1 aromatic heterocycles. The summed E-state index contributed by atoms with van der Waals surface area (Å²) in [5, 5.41) is 21.2. The van der Waals surface area contributed by atoms with E-state index < -0.39 is 38.8 Å². The summed E-state index contributed by atoms with van der Waals surface area (Å²) >= 11 is 0. The Morgan fingerprint density at radius 2 is 1.84 bits per heavy atom. The second-order valence-corrected chi connectivity index (χ2v) is 14.5. The molecule has 2 heterocycles. The molecule has 0 spiro atoms. The summed E-state index contributed by atoms with van der Waals surface area (Å²) in [5.41, 5.74) is -0.0927. The maximum Gasteiger partial charge on any atom is 0.163 e. The number of carbonyl (C=O) groups excluding carboxylic acids is 1. The maximum absolute atomic E-state index is 13.8. The van der Waals surface area contributed by atoms with E-state index in [1.165, 1.54) is 19.2 Å². The Balaban J connectivity index is 1.65. The van der Waals surface area contributed by atoms with E-state index in [-0.39, 0.29) is 31.8 Å². The van der Waals surface area contributed by atoms with Crippen LogP contribution in [0.5, 0.6) is 17.2 Å². The number of halogens is 1. The van der Waals surface area contributed by atoms with Crippen molar-refractivity contribution in [1.82, 2.24) is 9.71 Å². The molecular weight excluding hydrogens is 587 g/mol. The number of aromatic nitrogens is 1. The van der Waals surface area contributed by atoms with Gasteiger partial charge in [0.05, 0.1) is 40.2 Å². The number of carbonyl (C=O) groups is 1. The number of Topliss-reactive ketones (excluding diaryl/α,β-unsaturated/α-hetero) is 1. The van der Waals surface area contributed by atoms with Crippen LogP contribution in [0.2, 0.25) is 0 Å². The van der Waals surface area contributed by atoms with Gasteiger partial charge in [0.15, 0.2) is 23.0 Å². The van der Waals surface area contributed by atoms with Crippen molar-refractivity contribution in [2.24, 2.45) is 0 Å². The Kier molecular flexibility index (Phi) is 9.84. The van der Waals surface area contributed by atoms with Gasteiger partial charge in [-0.25, -0.2) is 18.3 Å².